The summed E-state index contributed by atoms with van der Waals surface area (Å²) in [6, 6.07) is 16.8. The highest BCUT2D eigenvalue weighted by Crippen LogP contribution is 2.43. The zero-order valence-corrected chi connectivity index (χ0v) is 27.5. The smallest absolute Gasteiger partial charge is 0.146 e. The Labute approximate surface area is 264 Å². The highest BCUT2D eigenvalue weighted by molar-refractivity contribution is 8.11. The van der Waals surface area contributed by atoms with E-state index in [1.54, 1.807) is 11.8 Å². The fourth-order valence-corrected chi connectivity index (χ4v) is 10.0. The van der Waals surface area contributed by atoms with E-state index in [1.165, 1.54) is 84.0 Å². The van der Waals surface area contributed by atoms with Crippen molar-refractivity contribution >= 4 is 56.3 Å². The van der Waals surface area contributed by atoms with Crippen molar-refractivity contribution in [1.82, 2.24) is 0 Å². The number of thioether (sulfide) groups is 1. The van der Waals surface area contributed by atoms with Crippen molar-refractivity contribution in [2.24, 2.45) is 0 Å². The minimum atomic E-state index is 0.163. The molecule has 3 aromatic rings. The van der Waals surface area contributed by atoms with Crippen molar-refractivity contribution in [2.75, 3.05) is 0 Å². The number of nitrogens with zero attached hydrogens (tertiary/aromatic N) is 4. The SMILES string of the molecule is CCCCCCc1cc(=C2CCC(=C(C#N)C#N)S2)s/c1=c1\s/c(=c2/ccc(=C(C#N)C#N)s2)cc1CCCCCC. The zero-order valence-electron chi connectivity index (χ0n) is 24.2. The first kappa shape index (κ1) is 31.8. The van der Waals surface area contributed by atoms with Gasteiger partial charge in [0.15, 0.2) is 0 Å². The molecule has 1 aliphatic rings. The molecule has 0 spiro atoms. The van der Waals surface area contributed by atoms with Gasteiger partial charge >= 0.3 is 0 Å². The van der Waals surface area contributed by atoms with Gasteiger partial charge in [0.25, 0.3) is 0 Å². The Hall–Kier alpha value is -3.11. The minimum absolute atomic E-state index is 0.163. The van der Waals surface area contributed by atoms with Crippen LogP contribution in [0.4, 0.5) is 0 Å². The van der Waals surface area contributed by atoms with Crippen LogP contribution in [0.2, 0.25) is 0 Å². The molecule has 8 heteroatoms. The first-order chi connectivity index (χ1) is 20.6. The molecule has 0 aliphatic carbocycles. The minimum Gasteiger partial charge on any atom is -0.192 e. The zero-order chi connectivity index (χ0) is 29.9. The maximum Gasteiger partial charge on any atom is 0.146 e. The summed E-state index contributed by atoms with van der Waals surface area (Å²) in [6.07, 6.45) is 13.4. The molecule has 0 saturated carbocycles. The Morgan fingerprint density at radius 2 is 1.21 bits per heavy atom. The number of thiophene rings is 3. The van der Waals surface area contributed by atoms with Crippen molar-refractivity contribution in [3.05, 3.63) is 73.1 Å². The van der Waals surface area contributed by atoms with E-state index in [0.29, 0.717) is 0 Å². The number of aryl methyl sites for hydroxylation is 2. The Morgan fingerprint density at radius 1 is 0.643 bits per heavy atom. The van der Waals surface area contributed by atoms with Gasteiger partial charge in [0.2, 0.25) is 0 Å². The fourth-order valence-electron chi connectivity index (χ4n) is 5.07. The number of nitriles is 4. The second kappa shape index (κ2) is 15.9. The summed E-state index contributed by atoms with van der Waals surface area (Å²) in [4.78, 5) is 2.16. The number of unbranched alkanes of at least 4 members (excludes halogenated alkanes) is 6. The van der Waals surface area contributed by atoms with E-state index >= 15 is 0 Å². The fraction of sp³-hybridized carbons (Fsp3) is 0.412. The van der Waals surface area contributed by atoms with Crippen LogP contribution in [0.5, 0.6) is 0 Å². The molecule has 0 atom stereocenters. The van der Waals surface area contributed by atoms with E-state index in [9.17, 15) is 21.0 Å². The average molecular weight is 627 g/mol. The van der Waals surface area contributed by atoms with Gasteiger partial charge in [-0.2, -0.15) is 21.0 Å². The van der Waals surface area contributed by atoms with E-state index < -0.39 is 0 Å². The Bertz CT molecular complexity index is 1910. The van der Waals surface area contributed by atoms with Gasteiger partial charge in [-0.3, -0.25) is 0 Å². The Kier molecular flexibility index (Phi) is 12.1. The number of hydrogen-bond acceptors (Lipinski definition) is 8. The molecule has 0 amide bonds. The van der Waals surface area contributed by atoms with Crippen LogP contribution in [0.3, 0.4) is 0 Å². The molecule has 0 N–H and O–H groups in total. The maximum absolute atomic E-state index is 9.39. The Balaban J connectivity index is 1.98. The van der Waals surface area contributed by atoms with Crippen molar-refractivity contribution in [3.63, 3.8) is 0 Å². The van der Waals surface area contributed by atoms with Gasteiger partial charge in [-0.15, -0.1) is 34.0 Å². The molecular formula is C34H34N4S4. The molecule has 1 saturated heterocycles. The van der Waals surface area contributed by atoms with Gasteiger partial charge in [-0.05, 0) is 73.9 Å². The van der Waals surface area contributed by atoms with Gasteiger partial charge in [0, 0.05) is 32.5 Å². The molecule has 42 heavy (non-hydrogen) atoms. The lowest BCUT2D eigenvalue weighted by Gasteiger charge is -2.00. The third-order valence-corrected chi connectivity index (χ3v) is 12.7. The van der Waals surface area contributed by atoms with Gasteiger partial charge in [-0.25, -0.2) is 0 Å². The second-order valence-electron chi connectivity index (χ2n) is 10.4. The predicted molar refractivity (Wildman–Crippen MR) is 176 cm³/mol. The average Bonchev–Trinajstić information content (AvgIpc) is 3.81. The van der Waals surface area contributed by atoms with Crippen molar-refractivity contribution in [1.29, 1.82) is 21.0 Å². The maximum atomic E-state index is 9.39. The van der Waals surface area contributed by atoms with Crippen molar-refractivity contribution < 1.29 is 0 Å². The topological polar surface area (TPSA) is 95.2 Å². The summed E-state index contributed by atoms with van der Waals surface area (Å²) in [5.74, 6) is 0. The molecule has 214 valence electrons. The molecule has 0 aromatic carbocycles. The molecule has 3 aromatic heterocycles. The van der Waals surface area contributed by atoms with Crippen LogP contribution in [0.15, 0.2) is 34.7 Å². The largest absolute Gasteiger partial charge is 0.192 e. The molecule has 1 aliphatic heterocycles. The summed E-state index contributed by atoms with van der Waals surface area (Å²) in [6.45, 7) is 4.48. The van der Waals surface area contributed by atoms with Crippen LogP contribution < -0.4 is 9.06 Å². The summed E-state index contributed by atoms with van der Waals surface area (Å²) in [5, 5.41) is 37.5. The van der Waals surface area contributed by atoms with Crippen LogP contribution in [-0.4, -0.2) is 0 Å². The van der Waals surface area contributed by atoms with E-state index in [0.717, 1.165) is 52.5 Å². The monoisotopic (exact) mass is 626 g/mol. The highest BCUT2D eigenvalue weighted by atomic mass is 32.2. The predicted octanol–water partition coefficient (Wildman–Crippen LogP) is 8.82. The van der Waals surface area contributed by atoms with E-state index in [2.05, 4.69) is 38.1 Å². The van der Waals surface area contributed by atoms with E-state index in [-0.39, 0.29) is 11.1 Å². The lowest BCUT2D eigenvalue weighted by Crippen LogP contribution is -1.94. The summed E-state index contributed by atoms with van der Waals surface area (Å²) in [5.41, 5.74) is 3.19. The van der Waals surface area contributed by atoms with Crippen LogP contribution in [0.25, 0.3) is 10.5 Å². The highest BCUT2D eigenvalue weighted by Gasteiger charge is 2.20. The third-order valence-electron chi connectivity index (χ3n) is 7.35. The first-order valence-corrected chi connectivity index (χ1v) is 17.9. The summed E-state index contributed by atoms with van der Waals surface area (Å²) in [7, 11) is 0. The van der Waals surface area contributed by atoms with Crippen LogP contribution in [-0.2, 0) is 12.8 Å². The van der Waals surface area contributed by atoms with E-state index in [1.807, 2.05) is 46.9 Å². The lowest BCUT2D eigenvalue weighted by molar-refractivity contribution is 0.665. The molecule has 4 nitrogen and oxygen atoms in total. The normalized spacial score (nSPS) is 15.5. The molecule has 0 radical (unpaired) electrons. The molecular weight excluding hydrogens is 593 g/mol. The van der Waals surface area contributed by atoms with Gasteiger partial charge < -0.3 is 0 Å². The summed E-state index contributed by atoms with van der Waals surface area (Å²) >= 11 is 6.83. The second-order valence-corrected chi connectivity index (χ2v) is 14.7. The van der Waals surface area contributed by atoms with Crippen molar-refractivity contribution in [3.8, 4) is 24.3 Å². The van der Waals surface area contributed by atoms with Gasteiger partial charge in [0.1, 0.15) is 35.4 Å². The number of rotatable bonds is 10. The van der Waals surface area contributed by atoms with E-state index in [4.69, 9.17) is 0 Å². The number of allylic oxidation sites excluding steroid dienone is 2. The third kappa shape index (κ3) is 7.64. The molecule has 4 rings (SSSR count). The quantitative estimate of drug-likeness (QED) is 0.166. The van der Waals surface area contributed by atoms with Crippen molar-refractivity contribution in [2.45, 2.75) is 90.9 Å². The lowest BCUT2D eigenvalue weighted by atomic mass is 10.1. The molecule has 1 fully saturated rings. The molecule has 0 unspecified atom stereocenters. The standard InChI is InChI=1S/C34H34N4S4/c1-3-5-7-9-11-23-17-31(29-15-13-27(39-29)25(19-35)20-36)41-33(23)34-24(12-10-8-6-4-2)18-32(42-34)30-16-14-28(40-30)26(21-37)22-38/h13,15,17-18H,3-12,14,16H2,1-2H3/b31-29-,32-30?,34-33-. The van der Waals surface area contributed by atoms with Crippen LogP contribution in [0, 0.1) is 63.5 Å². The number of hydrogen-bond donors (Lipinski definition) is 0. The van der Waals surface area contributed by atoms with Gasteiger partial charge in [-0.1, -0.05) is 64.1 Å². The molecule has 0 bridgehead atoms. The Morgan fingerprint density at radius 3 is 1.79 bits per heavy atom. The first-order valence-electron chi connectivity index (χ1n) is 14.7. The van der Waals surface area contributed by atoms with Crippen LogP contribution >= 0.6 is 45.8 Å². The van der Waals surface area contributed by atoms with Crippen LogP contribution in [0.1, 0.15) is 89.2 Å². The molecule has 4 heterocycles. The summed E-state index contributed by atoms with van der Waals surface area (Å²) < 4.78 is 6.96. The van der Waals surface area contributed by atoms with Gasteiger partial charge in [0.05, 0.1) is 4.53 Å².